The fraction of sp³-hybridized carbons (Fsp3) is 0.444. The van der Waals surface area contributed by atoms with E-state index in [1.54, 1.807) is 6.92 Å². The number of aliphatic hydroxyl groups is 1. The molecule has 0 spiro atoms. The monoisotopic (exact) mass is 165 g/mol. The summed E-state index contributed by atoms with van der Waals surface area (Å²) >= 11 is 0. The lowest BCUT2D eigenvalue weighted by Gasteiger charge is -2.15. The summed E-state index contributed by atoms with van der Waals surface area (Å²) in [7, 11) is 0. The minimum Gasteiger partial charge on any atom is -0.361 e. The second kappa shape index (κ2) is 2.28. The van der Waals surface area contributed by atoms with Crippen molar-refractivity contribution in [1.82, 2.24) is 4.98 Å². The van der Waals surface area contributed by atoms with Crippen LogP contribution in [0, 0.1) is 6.92 Å². The number of fused-ring (bicyclic) bond motifs is 1. The summed E-state index contributed by atoms with van der Waals surface area (Å²) in [4.78, 5) is 4.23. The molecule has 0 saturated heterocycles. The molecule has 3 nitrogen and oxygen atoms in total. The van der Waals surface area contributed by atoms with E-state index in [9.17, 15) is 5.11 Å². The third-order valence-corrected chi connectivity index (χ3v) is 2.07. The molecule has 3 heteroatoms. The lowest BCUT2D eigenvalue weighted by Crippen LogP contribution is -2.20. The van der Waals surface area contributed by atoms with Crippen LogP contribution in [-0.2, 0) is 17.1 Å². The van der Waals surface area contributed by atoms with Crippen molar-refractivity contribution in [1.29, 1.82) is 0 Å². The Bertz CT molecular complexity index is 320. The molecule has 0 radical (unpaired) electrons. The zero-order chi connectivity index (χ0) is 8.77. The summed E-state index contributed by atoms with van der Waals surface area (Å²) in [5, 5.41) is 9.69. The van der Waals surface area contributed by atoms with Gasteiger partial charge in [-0.1, -0.05) is 6.07 Å². The standard InChI is InChI=1S/C9H11NO2/c1-6-3-4-7-5-12-9(2,11)8(7)10-6/h3-4,11H,5H2,1-2H3. The van der Waals surface area contributed by atoms with Gasteiger partial charge in [-0.3, -0.25) is 4.98 Å². The summed E-state index contributed by atoms with van der Waals surface area (Å²) in [6, 6.07) is 3.86. The maximum atomic E-state index is 9.69. The van der Waals surface area contributed by atoms with Gasteiger partial charge < -0.3 is 9.84 Å². The molecule has 2 heterocycles. The number of aryl methyl sites for hydroxylation is 1. The van der Waals surface area contributed by atoms with Gasteiger partial charge in [0, 0.05) is 11.3 Å². The molecule has 12 heavy (non-hydrogen) atoms. The Kier molecular flexibility index (Phi) is 1.46. The van der Waals surface area contributed by atoms with Gasteiger partial charge in [0.2, 0.25) is 5.79 Å². The Morgan fingerprint density at radius 3 is 3.08 bits per heavy atom. The van der Waals surface area contributed by atoms with Gasteiger partial charge in [-0.25, -0.2) is 0 Å². The predicted octanol–water partition coefficient (Wildman–Crippen LogP) is 1.09. The molecule has 64 valence electrons. The van der Waals surface area contributed by atoms with Gasteiger partial charge in [-0.2, -0.15) is 0 Å². The fourth-order valence-electron chi connectivity index (χ4n) is 1.39. The molecule has 1 atom stereocenters. The molecular formula is C9H11NO2. The number of hydrogen-bond acceptors (Lipinski definition) is 3. The van der Waals surface area contributed by atoms with Gasteiger partial charge in [0.1, 0.15) is 5.69 Å². The van der Waals surface area contributed by atoms with Crippen LogP contribution in [0.1, 0.15) is 23.9 Å². The van der Waals surface area contributed by atoms with Crippen LogP contribution in [0.2, 0.25) is 0 Å². The van der Waals surface area contributed by atoms with E-state index < -0.39 is 5.79 Å². The van der Waals surface area contributed by atoms with E-state index in [-0.39, 0.29) is 0 Å². The van der Waals surface area contributed by atoms with Crippen LogP contribution < -0.4 is 0 Å². The van der Waals surface area contributed by atoms with Gasteiger partial charge in [0.25, 0.3) is 0 Å². The molecule has 2 rings (SSSR count). The highest BCUT2D eigenvalue weighted by molar-refractivity contribution is 5.28. The van der Waals surface area contributed by atoms with Gasteiger partial charge >= 0.3 is 0 Å². The molecular weight excluding hydrogens is 154 g/mol. The van der Waals surface area contributed by atoms with Crippen LogP contribution in [0.15, 0.2) is 12.1 Å². The third-order valence-electron chi connectivity index (χ3n) is 2.07. The Morgan fingerprint density at radius 1 is 1.58 bits per heavy atom. The van der Waals surface area contributed by atoms with Crippen LogP contribution in [0.4, 0.5) is 0 Å². The van der Waals surface area contributed by atoms with Crippen molar-refractivity contribution in [2.24, 2.45) is 0 Å². The van der Waals surface area contributed by atoms with Crippen LogP contribution in [0.25, 0.3) is 0 Å². The quantitative estimate of drug-likeness (QED) is 0.625. The maximum absolute atomic E-state index is 9.69. The third kappa shape index (κ3) is 1.02. The van der Waals surface area contributed by atoms with Crippen LogP contribution in [0.5, 0.6) is 0 Å². The Balaban J connectivity index is 2.57. The second-order valence-corrected chi connectivity index (χ2v) is 3.23. The maximum Gasteiger partial charge on any atom is 0.207 e. The highest BCUT2D eigenvalue weighted by atomic mass is 16.6. The molecule has 1 N–H and O–H groups in total. The van der Waals surface area contributed by atoms with E-state index in [0.717, 1.165) is 11.3 Å². The summed E-state index contributed by atoms with van der Waals surface area (Å²) in [6.45, 7) is 3.97. The van der Waals surface area contributed by atoms with E-state index in [2.05, 4.69) is 4.98 Å². The van der Waals surface area contributed by atoms with Gasteiger partial charge in [-0.15, -0.1) is 0 Å². The van der Waals surface area contributed by atoms with Gasteiger partial charge in [0.15, 0.2) is 0 Å². The Morgan fingerprint density at radius 2 is 2.33 bits per heavy atom. The van der Waals surface area contributed by atoms with Crippen molar-refractivity contribution >= 4 is 0 Å². The number of ether oxygens (including phenoxy) is 1. The first-order valence-electron chi connectivity index (χ1n) is 3.93. The minimum atomic E-state index is -1.19. The zero-order valence-electron chi connectivity index (χ0n) is 7.16. The van der Waals surface area contributed by atoms with E-state index in [0.29, 0.717) is 12.3 Å². The molecule has 1 aromatic heterocycles. The molecule has 1 unspecified atom stereocenters. The number of aromatic nitrogens is 1. The molecule has 1 aliphatic rings. The van der Waals surface area contributed by atoms with Crippen LogP contribution >= 0.6 is 0 Å². The Labute approximate surface area is 71.0 Å². The Hall–Kier alpha value is -0.930. The van der Waals surface area contributed by atoms with Gasteiger partial charge in [-0.05, 0) is 19.9 Å². The van der Waals surface area contributed by atoms with Gasteiger partial charge in [0.05, 0.1) is 6.61 Å². The topological polar surface area (TPSA) is 42.4 Å². The SMILES string of the molecule is Cc1ccc2c(n1)C(C)(O)OC2. The lowest BCUT2D eigenvalue weighted by molar-refractivity contribution is -0.190. The molecule has 0 fully saturated rings. The molecule has 0 saturated carbocycles. The summed E-state index contributed by atoms with van der Waals surface area (Å²) in [6.07, 6.45) is 0. The minimum absolute atomic E-state index is 0.454. The van der Waals surface area contributed by atoms with Crippen LogP contribution in [-0.4, -0.2) is 10.1 Å². The molecule has 0 aromatic carbocycles. The van der Waals surface area contributed by atoms with E-state index in [1.807, 2.05) is 19.1 Å². The molecule has 0 aliphatic carbocycles. The number of pyridine rings is 1. The van der Waals surface area contributed by atoms with Crippen molar-refractivity contribution in [2.45, 2.75) is 26.2 Å². The molecule has 0 amide bonds. The van der Waals surface area contributed by atoms with E-state index >= 15 is 0 Å². The smallest absolute Gasteiger partial charge is 0.207 e. The molecule has 0 bridgehead atoms. The van der Waals surface area contributed by atoms with Crippen molar-refractivity contribution < 1.29 is 9.84 Å². The predicted molar refractivity (Wildman–Crippen MR) is 43.3 cm³/mol. The lowest BCUT2D eigenvalue weighted by atomic mass is 10.1. The second-order valence-electron chi connectivity index (χ2n) is 3.23. The number of hydrogen-bond donors (Lipinski definition) is 1. The van der Waals surface area contributed by atoms with Crippen molar-refractivity contribution in [3.05, 3.63) is 29.1 Å². The van der Waals surface area contributed by atoms with E-state index in [4.69, 9.17) is 4.74 Å². The first kappa shape index (κ1) is 7.71. The average molecular weight is 165 g/mol. The first-order chi connectivity index (χ1) is 5.59. The first-order valence-corrected chi connectivity index (χ1v) is 3.93. The largest absolute Gasteiger partial charge is 0.361 e. The summed E-state index contributed by atoms with van der Waals surface area (Å²) in [5.74, 6) is -1.19. The van der Waals surface area contributed by atoms with Crippen LogP contribution in [0.3, 0.4) is 0 Å². The van der Waals surface area contributed by atoms with E-state index in [1.165, 1.54) is 0 Å². The molecule has 1 aliphatic heterocycles. The highest BCUT2D eigenvalue weighted by Crippen LogP contribution is 2.31. The average Bonchev–Trinajstić information content (AvgIpc) is 2.28. The summed E-state index contributed by atoms with van der Waals surface area (Å²) < 4.78 is 5.16. The summed E-state index contributed by atoms with van der Waals surface area (Å²) in [5.41, 5.74) is 2.53. The normalized spacial score (nSPS) is 27.2. The highest BCUT2D eigenvalue weighted by Gasteiger charge is 2.34. The number of nitrogens with zero attached hydrogens (tertiary/aromatic N) is 1. The zero-order valence-corrected chi connectivity index (χ0v) is 7.16. The number of rotatable bonds is 0. The fourth-order valence-corrected chi connectivity index (χ4v) is 1.39. The van der Waals surface area contributed by atoms with Crippen molar-refractivity contribution in [2.75, 3.05) is 0 Å². The van der Waals surface area contributed by atoms with Crippen molar-refractivity contribution in [3.63, 3.8) is 0 Å². The molecule has 1 aromatic rings. The van der Waals surface area contributed by atoms with Crippen molar-refractivity contribution in [3.8, 4) is 0 Å².